The van der Waals surface area contributed by atoms with Crippen LogP contribution in [0.25, 0.3) is 0 Å². The third kappa shape index (κ3) is 4.79. The first kappa shape index (κ1) is 18.3. The summed E-state index contributed by atoms with van der Waals surface area (Å²) in [4.78, 5) is 19.2. The molecule has 140 valence electrons. The topological polar surface area (TPSA) is 72.3 Å². The van der Waals surface area contributed by atoms with Gasteiger partial charge >= 0.3 is 0 Å². The van der Waals surface area contributed by atoms with E-state index in [0.717, 1.165) is 57.2 Å². The van der Waals surface area contributed by atoms with Crippen LogP contribution in [0.3, 0.4) is 0 Å². The van der Waals surface area contributed by atoms with Crippen LogP contribution in [0.5, 0.6) is 0 Å². The zero-order valence-corrected chi connectivity index (χ0v) is 15.7. The molecule has 3 atom stereocenters. The smallest absolute Gasteiger partial charge is 0.237 e. The lowest BCUT2D eigenvalue weighted by atomic mass is 9.96. The molecule has 0 radical (unpaired) electrons. The predicted octanol–water partition coefficient (Wildman–Crippen LogP) is 1.29. The number of carbonyl (C=O) groups excluding carboxylic acids is 1. The van der Waals surface area contributed by atoms with E-state index in [1.54, 1.807) is 0 Å². The van der Waals surface area contributed by atoms with Crippen molar-refractivity contribution in [1.82, 2.24) is 25.0 Å². The van der Waals surface area contributed by atoms with Crippen LogP contribution in [-0.2, 0) is 16.1 Å². The Labute approximate surface area is 150 Å². The van der Waals surface area contributed by atoms with Gasteiger partial charge in [-0.05, 0) is 58.9 Å². The van der Waals surface area contributed by atoms with Crippen molar-refractivity contribution < 1.29 is 9.53 Å². The van der Waals surface area contributed by atoms with Crippen LogP contribution in [0.2, 0.25) is 0 Å². The van der Waals surface area contributed by atoms with Crippen LogP contribution in [0.1, 0.15) is 44.3 Å². The number of carbonyl (C=O) groups is 1. The first-order valence-electron chi connectivity index (χ1n) is 9.54. The molecule has 0 aromatic carbocycles. The highest BCUT2D eigenvalue weighted by Gasteiger charge is 2.28. The van der Waals surface area contributed by atoms with Gasteiger partial charge in [0.25, 0.3) is 0 Å². The number of rotatable bonds is 6. The number of amides is 1. The van der Waals surface area contributed by atoms with Crippen molar-refractivity contribution in [3.8, 4) is 0 Å². The minimum Gasteiger partial charge on any atom is -0.376 e. The van der Waals surface area contributed by atoms with E-state index in [2.05, 4.69) is 20.3 Å². The minimum absolute atomic E-state index is 0.0946. The Morgan fingerprint density at radius 1 is 1.36 bits per heavy atom. The molecule has 1 N–H and O–H groups in total. The SMILES string of the molecule is Cc1nc(C)n(CC2CCCN(C(C)C(=O)NCC3CCCO3)C2)n1. The number of aryl methyl sites for hydroxylation is 2. The van der Waals surface area contributed by atoms with Crippen LogP contribution in [0.15, 0.2) is 0 Å². The number of nitrogens with zero attached hydrogens (tertiary/aromatic N) is 4. The predicted molar refractivity (Wildman–Crippen MR) is 95.2 cm³/mol. The van der Waals surface area contributed by atoms with Gasteiger partial charge in [-0.2, -0.15) is 5.10 Å². The third-order valence-corrected chi connectivity index (χ3v) is 5.40. The molecule has 0 saturated carbocycles. The number of piperidine rings is 1. The van der Waals surface area contributed by atoms with Crippen molar-refractivity contribution in [3.05, 3.63) is 11.6 Å². The van der Waals surface area contributed by atoms with Gasteiger partial charge in [0.05, 0.1) is 12.1 Å². The Bertz CT molecular complexity index is 582. The maximum Gasteiger partial charge on any atom is 0.237 e. The second-order valence-corrected chi connectivity index (χ2v) is 7.45. The fourth-order valence-corrected chi connectivity index (χ4v) is 3.91. The van der Waals surface area contributed by atoms with Gasteiger partial charge in [-0.3, -0.25) is 9.69 Å². The van der Waals surface area contributed by atoms with E-state index in [1.807, 2.05) is 25.5 Å². The largest absolute Gasteiger partial charge is 0.376 e. The molecule has 7 heteroatoms. The lowest BCUT2D eigenvalue weighted by Gasteiger charge is -2.36. The summed E-state index contributed by atoms with van der Waals surface area (Å²) in [7, 11) is 0. The van der Waals surface area contributed by atoms with Gasteiger partial charge in [-0.25, -0.2) is 9.67 Å². The van der Waals surface area contributed by atoms with Crippen LogP contribution in [0, 0.1) is 19.8 Å². The highest BCUT2D eigenvalue weighted by atomic mass is 16.5. The molecule has 3 rings (SSSR count). The molecule has 0 aliphatic carbocycles. The maximum atomic E-state index is 12.5. The Hall–Kier alpha value is -1.47. The Morgan fingerprint density at radius 3 is 2.88 bits per heavy atom. The van der Waals surface area contributed by atoms with Crippen LogP contribution >= 0.6 is 0 Å². The summed E-state index contributed by atoms with van der Waals surface area (Å²) in [6.45, 7) is 10.2. The summed E-state index contributed by atoms with van der Waals surface area (Å²) >= 11 is 0. The molecule has 2 aliphatic heterocycles. The van der Waals surface area contributed by atoms with Crippen molar-refractivity contribution in [3.63, 3.8) is 0 Å². The van der Waals surface area contributed by atoms with E-state index in [1.165, 1.54) is 6.42 Å². The van der Waals surface area contributed by atoms with Crippen molar-refractivity contribution in [2.75, 3.05) is 26.2 Å². The lowest BCUT2D eigenvalue weighted by molar-refractivity contribution is -0.127. The van der Waals surface area contributed by atoms with E-state index >= 15 is 0 Å². The molecule has 1 aromatic heterocycles. The van der Waals surface area contributed by atoms with Crippen molar-refractivity contribution in [2.45, 2.75) is 65.1 Å². The molecule has 3 heterocycles. The summed E-state index contributed by atoms with van der Waals surface area (Å²) in [5.41, 5.74) is 0. The number of hydrogen-bond acceptors (Lipinski definition) is 5. The fraction of sp³-hybridized carbons (Fsp3) is 0.833. The summed E-state index contributed by atoms with van der Waals surface area (Å²) in [6, 6.07) is -0.0946. The van der Waals surface area contributed by atoms with E-state index in [4.69, 9.17) is 4.74 Å². The summed E-state index contributed by atoms with van der Waals surface area (Å²) < 4.78 is 7.59. The number of likely N-dealkylation sites (tertiary alicyclic amines) is 1. The Balaban J connectivity index is 1.49. The molecule has 2 fully saturated rings. The summed E-state index contributed by atoms with van der Waals surface area (Å²) in [5.74, 6) is 2.43. The molecule has 3 unspecified atom stereocenters. The monoisotopic (exact) mass is 349 g/mol. The summed E-state index contributed by atoms with van der Waals surface area (Å²) in [6.07, 6.45) is 4.66. The number of hydrogen-bond donors (Lipinski definition) is 1. The van der Waals surface area contributed by atoms with Crippen molar-refractivity contribution in [2.24, 2.45) is 5.92 Å². The molecule has 1 amide bonds. The highest BCUT2D eigenvalue weighted by molar-refractivity contribution is 5.81. The number of aromatic nitrogens is 3. The highest BCUT2D eigenvalue weighted by Crippen LogP contribution is 2.20. The van der Waals surface area contributed by atoms with Crippen molar-refractivity contribution in [1.29, 1.82) is 0 Å². The number of ether oxygens (including phenoxy) is 1. The van der Waals surface area contributed by atoms with Gasteiger partial charge in [0, 0.05) is 26.2 Å². The minimum atomic E-state index is -0.0946. The quantitative estimate of drug-likeness (QED) is 0.838. The first-order chi connectivity index (χ1) is 12.0. The molecule has 2 saturated heterocycles. The van der Waals surface area contributed by atoms with E-state index < -0.39 is 0 Å². The van der Waals surface area contributed by atoms with Gasteiger partial charge in [0.15, 0.2) is 0 Å². The zero-order valence-electron chi connectivity index (χ0n) is 15.7. The summed E-state index contributed by atoms with van der Waals surface area (Å²) in [5, 5.41) is 7.54. The molecule has 0 bridgehead atoms. The van der Waals surface area contributed by atoms with Crippen molar-refractivity contribution >= 4 is 5.91 Å². The van der Waals surface area contributed by atoms with Crippen LogP contribution in [-0.4, -0.2) is 64.0 Å². The number of nitrogens with one attached hydrogen (secondary N) is 1. The molecule has 2 aliphatic rings. The van der Waals surface area contributed by atoms with E-state index in [9.17, 15) is 4.79 Å². The first-order valence-corrected chi connectivity index (χ1v) is 9.54. The standard InChI is InChI=1S/C18H31N5O2/c1-13(18(24)19-10-17-7-5-9-25-17)22-8-4-6-16(11-22)12-23-15(3)20-14(2)21-23/h13,16-17H,4-12H2,1-3H3,(H,19,24). The molecular formula is C18H31N5O2. The van der Waals surface area contributed by atoms with Gasteiger partial charge in [-0.1, -0.05) is 0 Å². The van der Waals surface area contributed by atoms with Gasteiger partial charge in [-0.15, -0.1) is 0 Å². The molecule has 25 heavy (non-hydrogen) atoms. The van der Waals surface area contributed by atoms with Crippen LogP contribution in [0.4, 0.5) is 0 Å². The molecular weight excluding hydrogens is 318 g/mol. The second-order valence-electron chi connectivity index (χ2n) is 7.45. The molecule has 1 aromatic rings. The Morgan fingerprint density at radius 2 is 2.20 bits per heavy atom. The molecule has 0 spiro atoms. The third-order valence-electron chi connectivity index (χ3n) is 5.40. The molecule has 7 nitrogen and oxygen atoms in total. The second kappa shape index (κ2) is 8.27. The van der Waals surface area contributed by atoms with Gasteiger partial charge in [0.2, 0.25) is 5.91 Å². The van der Waals surface area contributed by atoms with Gasteiger partial charge < -0.3 is 10.1 Å². The maximum absolute atomic E-state index is 12.5. The van der Waals surface area contributed by atoms with Gasteiger partial charge in [0.1, 0.15) is 11.6 Å². The van der Waals surface area contributed by atoms with Crippen LogP contribution < -0.4 is 5.32 Å². The lowest BCUT2D eigenvalue weighted by Crippen LogP contribution is -2.50. The average Bonchev–Trinajstić information content (AvgIpc) is 3.22. The normalized spacial score (nSPS) is 25.9. The Kier molecular flexibility index (Phi) is 6.06. The fourth-order valence-electron chi connectivity index (χ4n) is 3.91. The van der Waals surface area contributed by atoms with E-state index in [0.29, 0.717) is 12.5 Å². The zero-order chi connectivity index (χ0) is 17.8. The average molecular weight is 349 g/mol. The van der Waals surface area contributed by atoms with E-state index in [-0.39, 0.29) is 18.1 Å².